The molecule has 1 fully saturated rings. The minimum atomic E-state index is -0.625. The highest BCUT2D eigenvalue weighted by atomic mass is 16.2. The van der Waals surface area contributed by atoms with E-state index in [4.69, 9.17) is 0 Å². The maximum absolute atomic E-state index is 12.6. The fourth-order valence-electron chi connectivity index (χ4n) is 2.93. The third-order valence-corrected chi connectivity index (χ3v) is 4.78. The van der Waals surface area contributed by atoms with E-state index in [-0.39, 0.29) is 18.2 Å². The van der Waals surface area contributed by atoms with Crippen molar-refractivity contribution < 1.29 is 9.59 Å². The molecule has 0 spiro atoms. The lowest BCUT2D eigenvalue weighted by Crippen LogP contribution is -2.62. The quantitative estimate of drug-likeness (QED) is 0.790. The molecular weight excluding hydrogens is 266 g/mol. The van der Waals surface area contributed by atoms with Crippen molar-refractivity contribution in [2.45, 2.75) is 33.2 Å². The first-order valence-electron chi connectivity index (χ1n) is 7.33. The van der Waals surface area contributed by atoms with Gasteiger partial charge in [-0.25, -0.2) is 0 Å². The lowest BCUT2D eigenvalue weighted by Gasteiger charge is -2.44. The number of ketones is 1. The summed E-state index contributed by atoms with van der Waals surface area (Å²) in [5, 5.41) is 0. The fourth-order valence-corrected chi connectivity index (χ4v) is 2.93. The summed E-state index contributed by atoms with van der Waals surface area (Å²) in [6.45, 7) is 9.42. The number of nitrogens with zero attached hydrogens (tertiary/aromatic N) is 3. The van der Waals surface area contributed by atoms with E-state index in [2.05, 4.69) is 0 Å². The average Bonchev–Trinajstić information content (AvgIpc) is 2.68. The van der Waals surface area contributed by atoms with Gasteiger partial charge in [0.15, 0.2) is 5.78 Å². The number of aryl methyl sites for hydroxylation is 1. The Hall–Kier alpha value is -1.62. The van der Waals surface area contributed by atoms with Gasteiger partial charge in [-0.15, -0.1) is 0 Å². The molecule has 0 radical (unpaired) electrons. The Bertz CT molecular complexity index is 587. The van der Waals surface area contributed by atoms with Gasteiger partial charge in [-0.2, -0.15) is 0 Å². The van der Waals surface area contributed by atoms with Crippen LogP contribution in [0, 0.1) is 13.8 Å². The van der Waals surface area contributed by atoms with Gasteiger partial charge in [0.1, 0.15) is 0 Å². The zero-order chi connectivity index (χ0) is 15.9. The second kappa shape index (κ2) is 5.30. The second-order valence-corrected chi connectivity index (χ2v) is 6.47. The molecule has 0 N–H and O–H groups in total. The van der Waals surface area contributed by atoms with E-state index in [1.54, 1.807) is 4.90 Å². The van der Waals surface area contributed by atoms with Crippen LogP contribution in [0.15, 0.2) is 6.07 Å². The van der Waals surface area contributed by atoms with Crippen molar-refractivity contribution in [1.82, 2.24) is 14.4 Å². The summed E-state index contributed by atoms with van der Waals surface area (Å²) < 4.78 is 2.02. The van der Waals surface area contributed by atoms with Crippen LogP contribution in [0.4, 0.5) is 0 Å². The molecule has 0 atom stereocenters. The second-order valence-electron chi connectivity index (χ2n) is 6.47. The molecule has 0 bridgehead atoms. The number of amides is 1. The number of Topliss-reactive ketones (excluding diaryl/α,β-unsaturated/α-hetero) is 1. The third kappa shape index (κ3) is 2.62. The average molecular weight is 291 g/mol. The van der Waals surface area contributed by atoms with Crippen molar-refractivity contribution in [1.29, 1.82) is 0 Å². The molecular formula is C16H25N3O2. The fraction of sp³-hybridized carbons (Fsp3) is 0.625. The number of hydrogen-bond acceptors (Lipinski definition) is 3. The SMILES string of the molecule is Cc1cc(C(=O)CN2CCN(C)C(=O)C2(C)C)c(C)n1C. The molecule has 1 aromatic heterocycles. The molecule has 1 aliphatic heterocycles. The highest BCUT2D eigenvalue weighted by molar-refractivity contribution is 5.99. The topological polar surface area (TPSA) is 45.6 Å². The van der Waals surface area contributed by atoms with Gasteiger partial charge in [0.25, 0.3) is 0 Å². The Morgan fingerprint density at radius 3 is 2.38 bits per heavy atom. The predicted molar refractivity (Wildman–Crippen MR) is 82.5 cm³/mol. The number of likely N-dealkylation sites (N-methyl/N-ethyl adjacent to an activating group) is 1. The molecule has 1 saturated heterocycles. The van der Waals surface area contributed by atoms with E-state index in [1.807, 2.05) is 57.3 Å². The van der Waals surface area contributed by atoms with Crippen LogP contribution in [0.1, 0.15) is 35.6 Å². The molecule has 2 rings (SSSR count). The molecule has 1 aliphatic rings. The normalized spacial score (nSPS) is 19.1. The van der Waals surface area contributed by atoms with Gasteiger partial charge in [0, 0.05) is 44.1 Å². The molecule has 0 unspecified atom stereocenters. The lowest BCUT2D eigenvalue weighted by atomic mass is 9.96. The summed E-state index contributed by atoms with van der Waals surface area (Å²) in [6.07, 6.45) is 0. The predicted octanol–water partition coefficient (Wildman–Crippen LogP) is 1.38. The van der Waals surface area contributed by atoms with Crippen LogP contribution in [-0.4, -0.2) is 58.3 Å². The maximum atomic E-state index is 12.6. The number of carbonyl (C=O) groups is 2. The minimum absolute atomic E-state index is 0.0718. The summed E-state index contributed by atoms with van der Waals surface area (Å²) in [7, 11) is 3.78. The van der Waals surface area contributed by atoms with Gasteiger partial charge in [0.2, 0.25) is 5.91 Å². The van der Waals surface area contributed by atoms with Gasteiger partial charge < -0.3 is 9.47 Å². The molecule has 5 heteroatoms. The van der Waals surface area contributed by atoms with E-state index in [0.29, 0.717) is 6.54 Å². The molecule has 1 aromatic rings. The van der Waals surface area contributed by atoms with E-state index < -0.39 is 5.54 Å². The Morgan fingerprint density at radius 2 is 1.86 bits per heavy atom. The molecule has 0 saturated carbocycles. The number of carbonyl (C=O) groups excluding carboxylic acids is 2. The van der Waals surface area contributed by atoms with Gasteiger partial charge >= 0.3 is 0 Å². The third-order valence-electron chi connectivity index (χ3n) is 4.78. The Kier molecular flexibility index (Phi) is 3.97. The summed E-state index contributed by atoms with van der Waals surface area (Å²) in [6, 6.07) is 1.93. The van der Waals surface area contributed by atoms with Crippen molar-refractivity contribution in [2.24, 2.45) is 7.05 Å². The number of piperazine rings is 1. The Balaban J connectivity index is 2.19. The van der Waals surface area contributed by atoms with Crippen LogP contribution in [0.3, 0.4) is 0 Å². The molecule has 2 heterocycles. The lowest BCUT2D eigenvalue weighted by molar-refractivity contribution is -0.146. The first-order valence-corrected chi connectivity index (χ1v) is 7.33. The minimum Gasteiger partial charge on any atom is -0.351 e. The van der Waals surface area contributed by atoms with Crippen molar-refractivity contribution in [3.8, 4) is 0 Å². The first kappa shape index (κ1) is 15.8. The summed E-state index contributed by atoms with van der Waals surface area (Å²) in [5.74, 6) is 0.157. The van der Waals surface area contributed by atoms with Crippen LogP contribution in [-0.2, 0) is 11.8 Å². The van der Waals surface area contributed by atoms with Crippen LogP contribution < -0.4 is 0 Å². The monoisotopic (exact) mass is 291 g/mol. The molecule has 116 valence electrons. The van der Waals surface area contributed by atoms with Crippen molar-refractivity contribution in [3.05, 3.63) is 23.0 Å². The number of aromatic nitrogens is 1. The number of rotatable bonds is 3. The molecule has 0 aliphatic carbocycles. The standard InChI is InChI=1S/C16H25N3O2/c1-11-9-13(12(2)18(11)6)14(20)10-19-8-7-17(5)15(21)16(19,3)4/h9H,7-8,10H2,1-6H3. The van der Waals surface area contributed by atoms with E-state index in [0.717, 1.165) is 23.5 Å². The van der Waals surface area contributed by atoms with E-state index in [9.17, 15) is 9.59 Å². The molecule has 0 aromatic carbocycles. The first-order chi connectivity index (χ1) is 9.66. The zero-order valence-electron chi connectivity index (χ0n) is 13.9. The van der Waals surface area contributed by atoms with Crippen molar-refractivity contribution in [2.75, 3.05) is 26.7 Å². The van der Waals surface area contributed by atoms with Crippen LogP contribution in [0.2, 0.25) is 0 Å². The Labute approximate surface area is 126 Å². The largest absolute Gasteiger partial charge is 0.351 e. The summed E-state index contributed by atoms with van der Waals surface area (Å²) in [5.41, 5.74) is 2.19. The van der Waals surface area contributed by atoms with Crippen LogP contribution in [0.5, 0.6) is 0 Å². The summed E-state index contributed by atoms with van der Waals surface area (Å²) in [4.78, 5) is 28.6. The Morgan fingerprint density at radius 1 is 1.24 bits per heavy atom. The number of hydrogen-bond donors (Lipinski definition) is 0. The van der Waals surface area contributed by atoms with E-state index >= 15 is 0 Å². The van der Waals surface area contributed by atoms with Gasteiger partial charge in [-0.1, -0.05) is 0 Å². The molecule has 21 heavy (non-hydrogen) atoms. The highest BCUT2D eigenvalue weighted by Gasteiger charge is 2.41. The molecule has 5 nitrogen and oxygen atoms in total. The van der Waals surface area contributed by atoms with Crippen molar-refractivity contribution >= 4 is 11.7 Å². The van der Waals surface area contributed by atoms with E-state index in [1.165, 1.54) is 0 Å². The smallest absolute Gasteiger partial charge is 0.242 e. The van der Waals surface area contributed by atoms with Crippen LogP contribution >= 0.6 is 0 Å². The maximum Gasteiger partial charge on any atom is 0.242 e. The van der Waals surface area contributed by atoms with Gasteiger partial charge in [-0.3, -0.25) is 14.5 Å². The van der Waals surface area contributed by atoms with Crippen LogP contribution in [0.25, 0.3) is 0 Å². The molecule has 1 amide bonds. The van der Waals surface area contributed by atoms with Crippen molar-refractivity contribution in [3.63, 3.8) is 0 Å². The zero-order valence-corrected chi connectivity index (χ0v) is 13.9. The summed E-state index contributed by atoms with van der Waals surface area (Å²) >= 11 is 0. The van der Waals surface area contributed by atoms with Gasteiger partial charge in [0.05, 0.1) is 12.1 Å². The van der Waals surface area contributed by atoms with Gasteiger partial charge in [-0.05, 0) is 33.8 Å². The highest BCUT2D eigenvalue weighted by Crippen LogP contribution is 2.23.